The highest BCUT2D eigenvalue weighted by molar-refractivity contribution is 7.88. The van der Waals surface area contributed by atoms with Crippen LogP contribution in [0.3, 0.4) is 0 Å². The fourth-order valence-electron chi connectivity index (χ4n) is 3.67. The molecule has 0 saturated carbocycles. The lowest BCUT2D eigenvalue weighted by Crippen LogP contribution is -3.15. The monoisotopic (exact) mass is 416 g/mol. The highest BCUT2D eigenvalue weighted by Crippen LogP contribution is 2.23. The first-order valence-electron chi connectivity index (χ1n) is 10.1. The van der Waals surface area contributed by atoms with E-state index in [2.05, 4.69) is 19.2 Å². The number of amides is 1. The van der Waals surface area contributed by atoms with Gasteiger partial charge >= 0.3 is 0 Å². The van der Waals surface area contributed by atoms with E-state index in [1.807, 2.05) is 54.6 Å². The maximum Gasteiger partial charge on any atom is 0.279 e. The zero-order valence-electron chi connectivity index (χ0n) is 17.1. The van der Waals surface area contributed by atoms with Crippen LogP contribution in [0, 0.1) is 0 Å². The Morgan fingerprint density at radius 1 is 1.03 bits per heavy atom. The lowest BCUT2D eigenvalue weighted by Gasteiger charge is -2.31. The standard InChI is InChI=1S/C22H29N3O3S/c1-18(2)20-10-6-7-11-21(20)23-22(26)16-24-12-14-25(15-13-24)29(27,28)17-19-8-4-3-5-9-19/h3-11,18H,12-17H2,1-2H3,(H,23,26)/p+1. The van der Waals surface area contributed by atoms with Crippen molar-refractivity contribution in [3.8, 4) is 0 Å². The van der Waals surface area contributed by atoms with Crippen molar-refractivity contribution in [2.45, 2.75) is 25.5 Å². The van der Waals surface area contributed by atoms with E-state index in [4.69, 9.17) is 0 Å². The fraction of sp³-hybridized carbons (Fsp3) is 0.409. The molecule has 1 fully saturated rings. The van der Waals surface area contributed by atoms with Crippen LogP contribution in [0.4, 0.5) is 5.69 Å². The van der Waals surface area contributed by atoms with E-state index < -0.39 is 10.0 Å². The summed E-state index contributed by atoms with van der Waals surface area (Å²) in [5.74, 6) is 0.321. The number of nitrogens with zero attached hydrogens (tertiary/aromatic N) is 1. The van der Waals surface area contributed by atoms with Gasteiger partial charge in [-0.2, -0.15) is 4.31 Å². The first-order valence-corrected chi connectivity index (χ1v) is 11.7. The number of piperazine rings is 1. The Bertz CT molecular complexity index is 921. The third-order valence-corrected chi connectivity index (χ3v) is 7.13. The van der Waals surface area contributed by atoms with Gasteiger partial charge in [0.15, 0.2) is 6.54 Å². The van der Waals surface area contributed by atoms with Gasteiger partial charge in [0.25, 0.3) is 5.91 Å². The molecule has 1 saturated heterocycles. The molecule has 0 aromatic heterocycles. The SMILES string of the molecule is CC(C)c1ccccc1NC(=O)C[NH+]1CCN(S(=O)(=O)Cc2ccccc2)CC1. The van der Waals surface area contributed by atoms with Gasteiger partial charge in [0, 0.05) is 5.69 Å². The maximum atomic E-state index is 12.7. The van der Waals surface area contributed by atoms with Gasteiger partial charge in [-0.3, -0.25) is 4.79 Å². The van der Waals surface area contributed by atoms with Crippen LogP contribution in [-0.2, 0) is 20.6 Å². The van der Waals surface area contributed by atoms with Gasteiger partial charge in [-0.05, 0) is 23.1 Å². The van der Waals surface area contributed by atoms with Crippen molar-refractivity contribution < 1.29 is 18.1 Å². The van der Waals surface area contributed by atoms with Crippen molar-refractivity contribution in [1.82, 2.24) is 4.31 Å². The number of hydrogen-bond donors (Lipinski definition) is 2. The third kappa shape index (κ3) is 5.88. The van der Waals surface area contributed by atoms with E-state index in [0.29, 0.717) is 38.6 Å². The zero-order valence-corrected chi connectivity index (χ0v) is 17.9. The second-order valence-corrected chi connectivity index (χ2v) is 9.83. The summed E-state index contributed by atoms with van der Waals surface area (Å²) in [7, 11) is -3.33. The highest BCUT2D eigenvalue weighted by atomic mass is 32.2. The predicted octanol–water partition coefficient (Wildman–Crippen LogP) is 1.48. The molecule has 3 rings (SSSR count). The molecular formula is C22H30N3O3S+. The molecule has 0 aliphatic carbocycles. The molecule has 2 N–H and O–H groups in total. The van der Waals surface area contributed by atoms with Crippen molar-refractivity contribution in [3.05, 3.63) is 65.7 Å². The number of hydrogen-bond acceptors (Lipinski definition) is 3. The molecule has 29 heavy (non-hydrogen) atoms. The molecule has 156 valence electrons. The lowest BCUT2D eigenvalue weighted by atomic mass is 10.0. The molecule has 1 aliphatic heterocycles. The number of carbonyl (C=O) groups excluding carboxylic acids is 1. The van der Waals surface area contributed by atoms with Crippen LogP contribution < -0.4 is 10.2 Å². The molecule has 6 nitrogen and oxygen atoms in total. The molecule has 7 heteroatoms. The molecule has 0 bridgehead atoms. The number of anilines is 1. The van der Waals surface area contributed by atoms with Crippen LogP contribution in [0.2, 0.25) is 0 Å². The average Bonchev–Trinajstić information content (AvgIpc) is 2.69. The Kier molecular flexibility index (Phi) is 7.05. The molecule has 0 radical (unpaired) electrons. The summed E-state index contributed by atoms with van der Waals surface area (Å²) in [6.07, 6.45) is 0. The summed E-state index contributed by atoms with van der Waals surface area (Å²) in [4.78, 5) is 13.6. The van der Waals surface area contributed by atoms with E-state index >= 15 is 0 Å². The second-order valence-electron chi connectivity index (χ2n) is 7.86. The highest BCUT2D eigenvalue weighted by Gasteiger charge is 2.30. The molecule has 0 unspecified atom stereocenters. The molecule has 0 atom stereocenters. The van der Waals surface area contributed by atoms with Crippen molar-refractivity contribution in [2.24, 2.45) is 0 Å². The van der Waals surface area contributed by atoms with Crippen LogP contribution in [-0.4, -0.2) is 51.4 Å². The molecule has 0 spiro atoms. The van der Waals surface area contributed by atoms with Gasteiger partial charge in [-0.15, -0.1) is 0 Å². The van der Waals surface area contributed by atoms with Crippen LogP contribution in [0.1, 0.15) is 30.9 Å². The van der Waals surface area contributed by atoms with Crippen LogP contribution in [0.15, 0.2) is 54.6 Å². The normalized spacial score (nSPS) is 16.1. The minimum absolute atomic E-state index is 0.0235. The number of rotatable bonds is 7. The zero-order chi connectivity index (χ0) is 20.9. The van der Waals surface area contributed by atoms with E-state index in [1.165, 1.54) is 0 Å². The van der Waals surface area contributed by atoms with E-state index in [1.54, 1.807) is 4.31 Å². The maximum absolute atomic E-state index is 12.7. The predicted molar refractivity (Wildman–Crippen MR) is 115 cm³/mol. The smallest absolute Gasteiger partial charge is 0.279 e. The van der Waals surface area contributed by atoms with Crippen LogP contribution in [0.5, 0.6) is 0 Å². The quantitative estimate of drug-likeness (QED) is 0.718. The first-order chi connectivity index (χ1) is 13.8. The fourth-order valence-corrected chi connectivity index (χ4v) is 5.20. The van der Waals surface area contributed by atoms with Crippen molar-refractivity contribution in [2.75, 3.05) is 38.0 Å². The van der Waals surface area contributed by atoms with Crippen molar-refractivity contribution in [1.29, 1.82) is 0 Å². The average molecular weight is 417 g/mol. The molecular weight excluding hydrogens is 386 g/mol. The number of nitrogens with one attached hydrogen (secondary N) is 2. The number of quaternary nitrogens is 1. The van der Waals surface area contributed by atoms with Gasteiger partial charge in [-0.25, -0.2) is 8.42 Å². The Morgan fingerprint density at radius 2 is 1.66 bits per heavy atom. The second kappa shape index (κ2) is 9.52. The molecule has 2 aromatic rings. The Labute approximate surface area is 173 Å². The van der Waals surface area contributed by atoms with Crippen LogP contribution in [0.25, 0.3) is 0 Å². The van der Waals surface area contributed by atoms with Gasteiger partial charge in [-0.1, -0.05) is 62.4 Å². The summed E-state index contributed by atoms with van der Waals surface area (Å²) >= 11 is 0. The lowest BCUT2D eigenvalue weighted by molar-refractivity contribution is -0.895. The topological polar surface area (TPSA) is 70.9 Å². The number of carbonyl (C=O) groups is 1. The molecule has 1 amide bonds. The molecule has 1 aliphatic rings. The number of sulfonamides is 1. The summed E-state index contributed by atoms with van der Waals surface area (Å²) in [5.41, 5.74) is 2.77. The molecule has 1 heterocycles. The number of para-hydroxylation sites is 1. The third-order valence-electron chi connectivity index (χ3n) is 5.28. The van der Waals surface area contributed by atoms with Gasteiger partial charge in [0.05, 0.1) is 31.9 Å². The van der Waals surface area contributed by atoms with Gasteiger partial charge < -0.3 is 10.2 Å². The Morgan fingerprint density at radius 3 is 2.31 bits per heavy atom. The minimum Gasteiger partial charge on any atom is -0.325 e. The summed E-state index contributed by atoms with van der Waals surface area (Å²) in [5, 5.41) is 3.02. The van der Waals surface area contributed by atoms with Crippen LogP contribution >= 0.6 is 0 Å². The summed E-state index contributed by atoms with van der Waals surface area (Å²) in [6, 6.07) is 17.1. The van der Waals surface area contributed by atoms with Crippen molar-refractivity contribution in [3.63, 3.8) is 0 Å². The minimum atomic E-state index is -3.33. The Balaban J connectivity index is 1.51. The summed E-state index contributed by atoms with van der Waals surface area (Å²) in [6.45, 7) is 6.71. The van der Waals surface area contributed by atoms with E-state index in [9.17, 15) is 13.2 Å². The van der Waals surface area contributed by atoms with Crippen molar-refractivity contribution >= 4 is 21.6 Å². The van der Waals surface area contributed by atoms with E-state index in [0.717, 1.165) is 21.7 Å². The summed E-state index contributed by atoms with van der Waals surface area (Å²) < 4.78 is 26.9. The Hall–Kier alpha value is -2.22. The van der Waals surface area contributed by atoms with Gasteiger partial charge in [0.2, 0.25) is 10.0 Å². The van der Waals surface area contributed by atoms with Gasteiger partial charge in [0.1, 0.15) is 0 Å². The number of benzene rings is 2. The largest absolute Gasteiger partial charge is 0.325 e. The molecule has 2 aromatic carbocycles. The van der Waals surface area contributed by atoms with E-state index in [-0.39, 0.29) is 11.7 Å². The first kappa shape index (κ1) is 21.5.